The first-order valence-corrected chi connectivity index (χ1v) is 11.7. The number of pyridine rings is 1. The molecular weight excluding hydrogens is 447 g/mol. The summed E-state index contributed by atoms with van der Waals surface area (Å²) in [5, 5.41) is 17.8. The van der Waals surface area contributed by atoms with E-state index in [4.69, 9.17) is 4.74 Å². The smallest absolute Gasteiger partial charge is 0.254 e. The van der Waals surface area contributed by atoms with E-state index in [0.29, 0.717) is 23.3 Å². The number of aromatic nitrogens is 3. The maximum Gasteiger partial charge on any atom is 0.254 e. The molecule has 180 valence electrons. The van der Waals surface area contributed by atoms with E-state index in [1.807, 2.05) is 13.0 Å². The van der Waals surface area contributed by atoms with Crippen LogP contribution in [0.2, 0.25) is 0 Å². The molecule has 2 N–H and O–H groups in total. The van der Waals surface area contributed by atoms with Gasteiger partial charge in [-0.1, -0.05) is 12.1 Å². The lowest BCUT2D eigenvalue weighted by Crippen LogP contribution is -2.32. The van der Waals surface area contributed by atoms with Crippen LogP contribution in [-0.2, 0) is 0 Å². The van der Waals surface area contributed by atoms with Gasteiger partial charge in [-0.15, -0.1) is 0 Å². The number of H-pyrrole nitrogens is 1. The average molecular weight is 475 g/mol. The molecule has 0 bridgehead atoms. The molecule has 7 nitrogen and oxygen atoms in total. The zero-order chi connectivity index (χ0) is 24.5. The third-order valence-electron chi connectivity index (χ3n) is 6.45. The van der Waals surface area contributed by atoms with Crippen LogP contribution in [0.15, 0.2) is 54.9 Å². The lowest BCUT2D eigenvalue weighted by Gasteiger charge is -2.29. The number of nitrogens with one attached hydrogen (secondary N) is 1. The molecule has 0 radical (unpaired) electrons. The third kappa shape index (κ3) is 4.61. The van der Waals surface area contributed by atoms with Crippen LogP contribution in [-0.4, -0.2) is 50.9 Å². The van der Waals surface area contributed by atoms with Gasteiger partial charge in [0, 0.05) is 47.6 Å². The first kappa shape index (κ1) is 23.0. The van der Waals surface area contributed by atoms with Crippen molar-refractivity contribution in [3.8, 4) is 16.9 Å². The number of aromatic amines is 1. The Kier molecular flexibility index (Phi) is 6.21. The van der Waals surface area contributed by atoms with Crippen molar-refractivity contribution < 1.29 is 19.0 Å². The molecule has 1 saturated carbocycles. The summed E-state index contributed by atoms with van der Waals surface area (Å²) in [6.07, 6.45) is 5.81. The molecule has 35 heavy (non-hydrogen) atoms. The molecule has 2 aromatic heterocycles. The summed E-state index contributed by atoms with van der Waals surface area (Å²) in [6, 6.07) is 11.2. The van der Waals surface area contributed by atoms with E-state index in [2.05, 4.69) is 15.2 Å². The molecule has 1 aliphatic carbocycles. The van der Waals surface area contributed by atoms with Gasteiger partial charge in [0.15, 0.2) is 0 Å². The minimum absolute atomic E-state index is 0.0969. The summed E-state index contributed by atoms with van der Waals surface area (Å²) in [5.74, 6) is 0.00980. The molecule has 1 aliphatic rings. The predicted octanol–water partition coefficient (Wildman–Crippen LogP) is 4.81. The number of aliphatic hydroxyl groups is 1. The summed E-state index contributed by atoms with van der Waals surface area (Å²) in [4.78, 5) is 19.7. The molecule has 0 saturated heterocycles. The Morgan fingerprint density at radius 2 is 2.09 bits per heavy atom. The fourth-order valence-electron chi connectivity index (χ4n) is 4.37. The highest BCUT2D eigenvalue weighted by molar-refractivity contribution is 5.96. The van der Waals surface area contributed by atoms with Gasteiger partial charge in [0.05, 0.1) is 23.9 Å². The number of benzene rings is 2. The number of nitrogens with zero attached hydrogens (tertiary/aromatic N) is 3. The van der Waals surface area contributed by atoms with Gasteiger partial charge in [-0.3, -0.25) is 14.9 Å². The number of rotatable bonds is 8. The number of hydrogen-bond acceptors (Lipinski definition) is 5. The van der Waals surface area contributed by atoms with Crippen LogP contribution < -0.4 is 4.74 Å². The molecule has 0 aliphatic heterocycles. The van der Waals surface area contributed by atoms with Crippen LogP contribution in [0.4, 0.5) is 4.39 Å². The van der Waals surface area contributed by atoms with Gasteiger partial charge in [0.1, 0.15) is 11.6 Å². The Morgan fingerprint density at radius 1 is 1.26 bits per heavy atom. The molecule has 0 unspecified atom stereocenters. The van der Waals surface area contributed by atoms with Crippen molar-refractivity contribution in [2.75, 3.05) is 13.7 Å². The Bertz CT molecular complexity index is 1380. The second kappa shape index (κ2) is 9.46. The second-order valence-corrected chi connectivity index (χ2v) is 8.94. The summed E-state index contributed by atoms with van der Waals surface area (Å²) in [6.45, 7) is 1.81. The minimum atomic E-state index is -0.417. The maximum absolute atomic E-state index is 13.9. The maximum atomic E-state index is 13.9. The number of aryl methyl sites for hydroxylation is 1. The van der Waals surface area contributed by atoms with E-state index in [9.17, 15) is 14.3 Å². The van der Waals surface area contributed by atoms with Crippen LogP contribution in [0.5, 0.6) is 5.75 Å². The Morgan fingerprint density at radius 3 is 2.83 bits per heavy atom. The molecule has 5 rings (SSSR count). The Hall–Kier alpha value is -3.78. The van der Waals surface area contributed by atoms with E-state index in [0.717, 1.165) is 40.6 Å². The first-order chi connectivity index (χ1) is 17.0. The second-order valence-electron chi connectivity index (χ2n) is 8.94. The molecule has 1 atom stereocenters. The van der Waals surface area contributed by atoms with Crippen LogP contribution >= 0.6 is 0 Å². The van der Waals surface area contributed by atoms with Crippen LogP contribution in [0, 0.1) is 12.7 Å². The molecule has 4 aromatic rings. The average Bonchev–Trinajstić information content (AvgIpc) is 3.53. The first-order valence-electron chi connectivity index (χ1n) is 11.7. The normalized spacial score (nSPS) is 14.2. The highest BCUT2D eigenvalue weighted by Gasteiger charge is 2.28. The summed E-state index contributed by atoms with van der Waals surface area (Å²) in [7, 11) is 1.71. The van der Waals surface area contributed by atoms with Crippen molar-refractivity contribution in [3.63, 3.8) is 0 Å². The summed E-state index contributed by atoms with van der Waals surface area (Å²) >= 11 is 0. The summed E-state index contributed by atoms with van der Waals surface area (Å²) in [5.41, 5.74) is 4.31. The van der Waals surface area contributed by atoms with Gasteiger partial charge in [-0.05, 0) is 62.1 Å². The lowest BCUT2D eigenvalue weighted by atomic mass is 9.99. The zero-order valence-electron chi connectivity index (χ0n) is 19.7. The Balaban J connectivity index is 1.50. The van der Waals surface area contributed by atoms with Gasteiger partial charge in [-0.25, -0.2) is 4.39 Å². The molecule has 1 fully saturated rings. The van der Waals surface area contributed by atoms with Gasteiger partial charge in [0.2, 0.25) is 0 Å². The lowest BCUT2D eigenvalue weighted by molar-refractivity contribution is 0.0705. The number of amides is 1. The standard InChI is InChI=1S/C27H27FN4O3/c1-16-22-15-30-31-26(22)23(14-29-16)24(10-11-33)32(2)27(34)18-6-9-21(17-4-3-5-19(28)12-17)25(13-18)35-20-7-8-20/h3-6,9,12-15,20,24,33H,7-8,10-11H2,1-2H3,(H,30,31)/t24-/m0/s1. The number of halogens is 1. The van der Waals surface area contributed by atoms with Crippen LogP contribution in [0.1, 0.15) is 46.9 Å². The minimum Gasteiger partial charge on any atom is -0.490 e. The number of ether oxygens (including phenoxy) is 1. The van der Waals surface area contributed by atoms with Gasteiger partial charge < -0.3 is 14.7 Å². The highest BCUT2D eigenvalue weighted by Crippen LogP contribution is 2.37. The topological polar surface area (TPSA) is 91.3 Å². The third-order valence-corrected chi connectivity index (χ3v) is 6.45. The summed E-state index contributed by atoms with van der Waals surface area (Å²) < 4.78 is 20.0. The van der Waals surface area contributed by atoms with Gasteiger partial charge in [0.25, 0.3) is 5.91 Å². The van der Waals surface area contributed by atoms with E-state index in [1.165, 1.54) is 12.1 Å². The van der Waals surface area contributed by atoms with E-state index >= 15 is 0 Å². The molecule has 8 heteroatoms. The van der Waals surface area contributed by atoms with Crippen molar-refractivity contribution in [1.82, 2.24) is 20.1 Å². The van der Waals surface area contributed by atoms with E-state index in [1.54, 1.807) is 48.6 Å². The number of aliphatic hydroxyl groups excluding tert-OH is 1. The number of carbonyl (C=O) groups is 1. The van der Waals surface area contributed by atoms with Crippen LogP contribution in [0.3, 0.4) is 0 Å². The van der Waals surface area contributed by atoms with Crippen molar-refractivity contribution in [2.45, 2.75) is 38.3 Å². The van der Waals surface area contributed by atoms with Crippen LogP contribution in [0.25, 0.3) is 22.0 Å². The van der Waals surface area contributed by atoms with Crippen molar-refractivity contribution in [1.29, 1.82) is 0 Å². The molecular formula is C27H27FN4O3. The molecule has 1 amide bonds. The number of carbonyl (C=O) groups excluding carboxylic acids is 1. The quantitative estimate of drug-likeness (QED) is 0.382. The number of hydrogen-bond donors (Lipinski definition) is 2. The Labute approximate surface area is 202 Å². The highest BCUT2D eigenvalue weighted by atomic mass is 19.1. The molecule has 2 heterocycles. The van der Waals surface area contributed by atoms with Crippen molar-refractivity contribution in [2.24, 2.45) is 0 Å². The predicted molar refractivity (Wildman–Crippen MR) is 131 cm³/mol. The van der Waals surface area contributed by atoms with E-state index in [-0.39, 0.29) is 24.4 Å². The number of fused-ring (bicyclic) bond motifs is 1. The van der Waals surface area contributed by atoms with Crippen molar-refractivity contribution >= 4 is 16.8 Å². The SMILES string of the molecule is Cc1ncc([C@H](CCO)N(C)C(=O)c2ccc(-c3cccc(F)c3)c(OC3CC3)c2)c2[nH]ncc12. The fraction of sp³-hybridized carbons (Fsp3) is 0.296. The molecule has 2 aromatic carbocycles. The van der Waals surface area contributed by atoms with Gasteiger partial charge in [-0.2, -0.15) is 5.10 Å². The molecule has 0 spiro atoms. The monoisotopic (exact) mass is 474 g/mol. The van der Waals surface area contributed by atoms with E-state index < -0.39 is 6.04 Å². The fourth-order valence-corrected chi connectivity index (χ4v) is 4.37. The van der Waals surface area contributed by atoms with Crippen molar-refractivity contribution in [3.05, 3.63) is 77.5 Å². The zero-order valence-corrected chi connectivity index (χ0v) is 19.7. The van der Waals surface area contributed by atoms with Gasteiger partial charge >= 0.3 is 0 Å². The largest absolute Gasteiger partial charge is 0.490 e.